The largest absolute Gasteiger partial charge is 0.480 e. The monoisotopic (exact) mass is 265 g/mol. The number of hydrogen-bond acceptors (Lipinski definition) is 3. The number of rotatable bonds is 5. The Labute approximate surface area is 114 Å². The third-order valence-electron chi connectivity index (χ3n) is 3.64. The van der Waals surface area contributed by atoms with E-state index >= 15 is 0 Å². The third-order valence-corrected chi connectivity index (χ3v) is 3.64. The molecule has 2 unspecified atom stereocenters. The first-order chi connectivity index (χ1) is 8.68. The summed E-state index contributed by atoms with van der Waals surface area (Å²) in [6.45, 7) is 9.11. The van der Waals surface area contributed by atoms with Crippen LogP contribution in [0.15, 0.2) is 30.3 Å². The molecule has 0 amide bonds. The molecule has 0 fully saturated rings. The molecule has 4 nitrogen and oxygen atoms in total. The van der Waals surface area contributed by atoms with E-state index in [0.29, 0.717) is 0 Å². The topological polar surface area (TPSA) is 58.6 Å². The van der Waals surface area contributed by atoms with Gasteiger partial charge in [0.1, 0.15) is 11.6 Å². The summed E-state index contributed by atoms with van der Waals surface area (Å²) in [5, 5.41) is 9.41. The van der Waals surface area contributed by atoms with Gasteiger partial charge in [0.15, 0.2) is 0 Å². The van der Waals surface area contributed by atoms with Gasteiger partial charge in [-0.25, -0.2) is 0 Å². The zero-order chi connectivity index (χ0) is 14.7. The molecular weight excluding hydrogens is 242 g/mol. The van der Waals surface area contributed by atoms with E-state index in [1.54, 1.807) is 6.92 Å². The highest BCUT2D eigenvalue weighted by atomic mass is 16.7. The summed E-state index contributed by atoms with van der Waals surface area (Å²) in [5.74, 6) is -0.930. The molecule has 1 rings (SSSR count). The van der Waals surface area contributed by atoms with Crippen molar-refractivity contribution in [2.45, 2.75) is 46.3 Å². The first kappa shape index (κ1) is 15.7. The maximum atomic E-state index is 11.5. The van der Waals surface area contributed by atoms with E-state index in [9.17, 15) is 9.90 Å². The average Bonchev–Trinajstić information content (AvgIpc) is 2.34. The minimum absolute atomic E-state index is 0.220. The summed E-state index contributed by atoms with van der Waals surface area (Å²) < 4.78 is 0. The Hall–Kier alpha value is -1.39. The Kier molecular flexibility index (Phi) is 4.71. The van der Waals surface area contributed by atoms with E-state index < -0.39 is 16.9 Å². The summed E-state index contributed by atoms with van der Waals surface area (Å²) in [4.78, 5) is 17.0. The molecule has 0 aliphatic rings. The molecule has 0 saturated carbocycles. The standard InChI is InChI=1S/C15H23NO3/c1-11(12-9-7-6-8-10-12)19-16-15(5,13(17)18)14(2,3)4/h6-11,16H,1-5H3,(H,17,18). The van der Waals surface area contributed by atoms with Gasteiger partial charge in [-0.1, -0.05) is 51.1 Å². The minimum atomic E-state index is -1.16. The number of benzene rings is 1. The second-order valence-corrected chi connectivity index (χ2v) is 5.95. The van der Waals surface area contributed by atoms with Crippen molar-refractivity contribution in [3.05, 3.63) is 35.9 Å². The molecule has 0 saturated heterocycles. The van der Waals surface area contributed by atoms with Gasteiger partial charge < -0.3 is 5.11 Å². The van der Waals surface area contributed by atoms with Crippen LogP contribution in [-0.2, 0) is 9.63 Å². The van der Waals surface area contributed by atoms with Crippen molar-refractivity contribution in [1.29, 1.82) is 0 Å². The number of nitrogens with one attached hydrogen (secondary N) is 1. The summed E-state index contributed by atoms with van der Waals surface area (Å²) in [7, 11) is 0. The molecule has 2 N–H and O–H groups in total. The van der Waals surface area contributed by atoms with Gasteiger partial charge in [-0.15, -0.1) is 0 Å². The van der Waals surface area contributed by atoms with E-state index in [0.717, 1.165) is 5.56 Å². The summed E-state index contributed by atoms with van der Waals surface area (Å²) in [6, 6.07) is 9.67. The molecule has 0 aliphatic carbocycles. The van der Waals surface area contributed by atoms with Gasteiger partial charge in [-0.05, 0) is 24.8 Å². The second-order valence-electron chi connectivity index (χ2n) is 5.95. The van der Waals surface area contributed by atoms with Gasteiger partial charge in [0.25, 0.3) is 0 Å². The lowest BCUT2D eigenvalue weighted by atomic mass is 9.75. The predicted octanol–water partition coefficient (Wildman–Crippen LogP) is 3.16. The zero-order valence-electron chi connectivity index (χ0n) is 12.2. The van der Waals surface area contributed by atoms with Crippen LogP contribution < -0.4 is 5.48 Å². The van der Waals surface area contributed by atoms with E-state index in [1.165, 1.54) is 0 Å². The molecule has 4 heteroatoms. The van der Waals surface area contributed by atoms with Crippen molar-refractivity contribution < 1.29 is 14.7 Å². The fraction of sp³-hybridized carbons (Fsp3) is 0.533. The quantitative estimate of drug-likeness (QED) is 0.803. The molecular formula is C15H23NO3. The highest BCUT2D eigenvalue weighted by Crippen LogP contribution is 2.31. The van der Waals surface area contributed by atoms with Gasteiger partial charge in [0.05, 0.1) is 0 Å². The van der Waals surface area contributed by atoms with Crippen molar-refractivity contribution in [2.24, 2.45) is 5.41 Å². The number of carbonyl (C=O) groups is 1. The summed E-state index contributed by atoms with van der Waals surface area (Å²) in [6.07, 6.45) is -0.220. The van der Waals surface area contributed by atoms with Gasteiger partial charge in [-0.2, -0.15) is 5.48 Å². The fourth-order valence-electron chi connectivity index (χ4n) is 1.52. The Morgan fingerprint density at radius 3 is 2.16 bits per heavy atom. The number of hydrogen-bond donors (Lipinski definition) is 2. The molecule has 0 radical (unpaired) electrons. The maximum Gasteiger partial charge on any atom is 0.326 e. The van der Waals surface area contributed by atoms with Crippen LogP contribution in [0.4, 0.5) is 0 Å². The maximum absolute atomic E-state index is 11.5. The van der Waals surface area contributed by atoms with E-state index in [-0.39, 0.29) is 6.10 Å². The highest BCUT2D eigenvalue weighted by molar-refractivity contribution is 5.79. The van der Waals surface area contributed by atoms with Crippen molar-refractivity contribution >= 4 is 5.97 Å². The van der Waals surface area contributed by atoms with E-state index in [2.05, 4.69) is 5.48 Å². The smallest absolute Gasteiger partial charge is 0.326 e. The molecule has 2 atom stereocenters. The van der Waals surface area contributed by atoms with Crippen LogP contribution in [0.1, 0.15) is 46.3 Å². The van der Waals surface area contributed by atoms with Crippen LogP contribution in [0, 0.1) is 5.41 Å². The van der Waals surface area contributed by atoms with Crippen LogP contribution in [0.25, 0.3) is 0 Å². The van der Waals surface area contributed by atoms with Crippen molar-refractivity contribution in [3.63, 3.8) is 0 Å². The van der Waals surface area contributed by atoms with Crippen LogP contribution in [-0.4, -0.2) is 16.6 Å². The average molecular weight is 265 g/mol. The van der Waals surface area contributed by atoms with Crippen LogP contribution in [0.5, 0.6) is 0 Å². The van der Waals surface area contributed by atoms with E-state index in [1.807, 2.05) is 58.0 Å². The number of carboxylic acids is 1. The number of hydroxylamine groups is 1. The van der Waals surface area contributed by atoms with Crippen molar-refractivity contribution in [3.8, 4) is 0 Å². The SMILES string of the molecule is CC(ONC(C)(C(=O)O)C(C)(C)C)c1ccccc1. The van der Waals surface area contributed by atoms with Gasteiger partial charge in [-0.3, -0.25) is 9.63 Å². The molecule has 0 spiro atoms. The molecule has 0 bridgehead atoms. The Bertz CT molecular complexity index is 425. The lowest BCUT2D eigenvalue weighted by Crippen LogP contribution is -2.58. The normalized spacial score (nSPS) is 16.7. The molecule has 106 valence electrons. The summed E-state index contributed by atoms with van der Waals surface area (Å²) in [5.41, 5.74) is 2.10. The molecule has 0 aromatic heterocycles. The Morgan fingerprint density at radius 2 is 1.74 bits per heavy atom. The molecule has 1 aromatic carbocycles. The molecule has 19 heavy (non-hydrogen) atoms. The second kappa shape index (κ2) is 5.72. The predicted molar refractivity (Wildman–Crippen MR) is 74.6 cm³/mol. The fourth-order valence-corrected chi connectivity index (χ4v) is 1.52. The van der Waals surface area contributed by atoms with Crippen LogP contribution >= 0.6 is 0 Å². The summed E-state index contributed by atoms with van der Waals surface area (Å²) >= 11 is 0. The van der Waals surface area contributed by atoms with Gasteiger partial charge in [0.2, 0.25) is 0 Å². The Balaban J connectivity index is 2.76. The highest BCUT2D eigenvalue weighted by Gasteiger charge is 2.45. The van der Waals surface area contributed by atoms with Crippen molar-refractivity contribution in [2.75, 3.05) is 0 Å². The third kappa shape index (κ3) is 3.55. The van der Waals surface area contributed by atoms with Crippen LogP contribution in [0.2, 0.25) is 0 Å². The van der Waals surface area contributed by atoms with Gasteiger partial charge in [0, 0.05) is 0 Å². The first-order valence-electron chi connectivity index (χ1n) is 6.39. The first-order valence-corrected chi connectivity index (χ1v) is 6.39. The Morgan fingerprint density at radius 1 is 1.21 bits per heavy atom. The lowest BCUT2D eigenvalue weighted by Gasteiger charge is -2.38. The van der Waals surface area contributed by atoms with Crippen LogP contribution in [0.3, 0.4) is 0 Å². The molecule has 0 heterocycles. The van der Waals surface area contributed by atoms with Crippen molar-refractivity contribution in [1.82, 2.24) is 5.48 Å². The number of aliphatic carboxylic acids is 1. The lowest BCUT2D eigenvalue weighted by molar-refractivity contribution is -0.165. The molecule has 1 aromatic rings. The molecule has 0 aliphatic heterocycles. The minimum Gasteiger partial charge on any atom is -0.480 e. The number of carboxylic acid groups (broad SMARTS) is 1. The van der Waals surface area contributed by atoms with Gasteiger partial charge >= 0.3 is 5.97 Å². The zero-order valence-corrected chi connectivity index (χ0v) is 12.2. The van der Waals surface area contributed by atoms with E-state index in [4.69, 9.17) is 4.84 Å².